The Kier molecular flexibility index (Phi) is 6.11. The lowest BCUT2D eigenvalue weighted by molar-refractivity contribution is -0.137. The summed E-state index contributed by atoms with van der Waals surface area (Å²) in [6.45, 7) is 3.01. The third-order valence-electron chi connectivity index (χ3n) is 5.12. The first-order valence-electron chi connectivity index (χ1n) is 9.81. The Morgan fingerprint density at radius 1 is 1.00 bits per heavy atom. The van der Waals surface area contributed by atoms with Gasteiger partial charge in [-0.3, -0.25) is 14.9 Å². The van der Waals surface area contributed by atoms with Crippen molar-refractivity contribution in [3.63, 3.8) is 0 Å². The summed E-state index contributed by atoms with van der Waals surface area (Å²) in [5.74, 6) is 0. The molecule has 30 heavy (non-hydrogen) atoms. The van der Waals surface area contributed by atoms with Crippen LogP contribution in [0.15, 0.2) is 67.1 Å². The van der Waals surface area contributed by atoms with E-state index in [1.165, 1.54) is 12.1 Å². The topological polar surface area (TPSA) is 38.2 Å². The lowest BCUT2D eigenvalue weighted by Gasteiger charge is -2.32. The van der Waals surface area contributed by atoms with Crippen molar-refractivity contribution in [2.24, 2.45) is 0 Å². The van der Waals surface area contributed by atoms with Crippen molar-refractivity contribution in [2.75, 3.05) is 19.7 Å². The molecule has 1 aliphatic heterocycles. The van der Waals surface area contributed by atoms with Crippen molar-refractivity contribution in [1.29, 1.82) is 0 Å². The average molecular weight is 413 g/mol. The molecule has 0 unspecified atom stereocenters. The van der Waals surface area contributed by atoms with Crippen LogP contribution in [0.2, 0.25) is 0 Å². The maximum absolute atomic E-state index is 12.9. The summed E-state index contributed by atoms with van der Waals surface area (Å²) in [5, 5.41) is 0. The standard InChI is InChI=1S/C23H22F3N3O/c24-23(25,26)20-5-1-3-17(12-20)11-18-6-7-21(28-14-18)22-16-29(9-10-30-22)15-19-4-2-8-27-13-19/h1-8,12-14,22H,9-11,15-16H2/t22-/m1/s1. The van der Waals surface area contributed by atoms with Gasteiger partial charge < -0.3 is 4.74 Å². The molecule has 0 radical (unpaired) electrons. The Balaban J connectivity index is 1.39. The first-order valence-corrected chi connectivity index (χ1v) is 9.81. The maximum atomic E-state index is 12.9. The van der Waals surface area contributed by atoms with E-state index in [0.29, 0.717) is 18.6 Å². The van der Waals surface area contributed by atoms with Crippen molar-refractivity contribution >= 4 is 0 Å². The lowest BCUT2D eigenvalue weighted by atomic mass is 10.0. The van der Waals surface area contributed by atoms with E-state index in [1.807, 2.05) is 24.4 Å². The molecule has 3 aromatic rings. The second kappa shape index (κ2) is 8.93. The highest BCUT2D eigenvalue weighted by Crippen LogP contribution is 2.30. The second-order valence-corrected chi connectivity index (χ2v) is 7.42. The van der Waals surface area contributed by atoms with Gasteiger partial charge in [0.05, 0.1) is 17.9 Å². The van der Waals surface area contributed by atoms with Gasteiger partial charge in [0, 0.05) is 38.2 Å². The lowest BCUT2D eigenvalue weighted by Crippen LogP contribution is -2.38. The molecule has 4 nitrogen and oxygen atoms in total. The van der Waals surface area contributed by atoms with Crippen LogP contribution in [0.4, 0.5) is 13.2 Å². The van der Waals surface area contributed by atoms with Crippen LogP contribution in [0.25, 0.3) is 0 Å². The van der Waals surface area contributed by atoms with Crippen LogP contribution in [0.5, 0.6) is 0 Å². The van der Waals surface area contributed by atoms with Crippen molar-refractivity contribution in [2.45, 2.75) is 25.2 Å². The molecule has 1 aliphatic rings. The Bertz CT molecular complexity index is 961. The highest BCUT2D eigenvalue weighted by Gasteiger charge is 2.30. The van der Waals surface area contributed by atoms with Gasteiger partial charge in [-0.05, 0) is 41.3 Å². The highest BCUT2D eigenvalue weighted by atomic mass is 19.4. The quantitative estimate of drug-likeness (QED) is 0.610. The molecule has 0 aliphatic carbocycles. The molecule has 0 amide bonds. The molecule has 4 rings (SSSR count). The van der Waals surface area contributed by atoms with Crippen molar-refractivity contribution in [3.05, 3.63) is 95.1 Å². The normalized spacial score (nSPS) is 17.8. The summed E-state index contributed by atoms with van der Waals surface area (Å²) < 4.78 is 44.6. The van der Waals surface area contributed by atoms with Gasteiger partial charge in [-0.2, -0.15) is 13.2 Å². The van der Waals surface area contributed by atoms with E-state index < -0.39 is 11.7 Å². The summed E-state index contributed by atoms with van der Waals surface area (Å²) in [6.07, 6.45) is 1.28. The van der Waals surface area contributed by atoms with Gasteiger partial charge in [0.2, 0.25) is 0 Å². The van der Waals surface area contributed by atoms with E-state index in [1.54, 1.807) is 18.5 Å². The molecule has 0 spiro atoms. The summed E-state index contributed by atoms with van der Waals surface area (Å²) in [4.78, 5) is 11.0. The molecular weight excluding hydrogens is 391 g/mol. The SMILES string of the molecule is FC(F)(F)c1cccc(Cc2ccc([C@H]3CN(Cc4cccnc4)CCO3)nc2)c1. The number of aromatic nitrogens is 2. The van der Waals surface area contributed by atoms with E-state index in [2.05, 4.69) is 20.9 Å². The minimum atomic E-state index is -4.34. The number of halogens is 3. The molecule has 3 heterocycles. The van der Waals surface area contributed by atoms with Gasteiger partial charge in [-0.25, -0.2) is 0 Å². The Hall–Kier alpha value is -2.77. The average Bonchev–Trinajstić information content (AvgIpc) is 2.75. The van der Waals surface area contributed by atoms with Gasteiger partial charge in [0.1, 0.15) is 6.10 Å². The molecule has 1 saturated heterocycles. The number of rotatable bonds is 5. The van der Waals surface area contributed by atoms with E-state index in [4.69, 9.17) is 4.74 Å². The van der Waals surface area contributed by atoms with E-state index in [0.717, 1.165) is 42.5 Å². The Morgan fingerprint density at radius 2 is 1.87 bits per heavy atom. The van der Waals surface area contributed by atoms with Crippen LogP contribution in [-0.4, -0.2) is 34.6 Å². The highest BCUT2D eigenvalue weighted by molar-refractivity contribution is 5.30. The zero-order valence-corrected chi connectivity index (χ0v) is 16.3. The fourth-order valence-corrected chi connectivity index (χ4v) is 3.60. The third-order valence-corrected chi connectivity index (χ3v) is 5.12. The summed E-state index contributed by atoms with van der Waals surface area (Å²) >= 11 is 0. The number of pyridine rings is 2. The predicted octanol–water partition coefficient (Wildman–Crippen LogP) is 4.66. The van der Waals surface area contributed by atoms with Crippen LogP contribution in [-0.2, 0) is 23.9 Å². The minimum absolute atomic E-state index is 0.127. The van der Waals surface area contributed by atoms with E-state index >= 15 is 0 Å². The fraction of sp³-hybridized carbons (Fsp3) is 0.304. The van der Waals surface area contributed by atoms with E-state index in [-0.39, 0.29) is 6.10 Å². The monoisotopic (exact) mass is 413 g/mol. The Labute approximate surface area is 173 Å². The van der Waals surface area contributed by atoms with Gasteiger partial charge in [0.25, 0.3) is 0 Å². The number of alkyl halides is 3. The zero-order valence-electron chi connectivity index (χ0n) is 16.3. The largest absolute Gasteiger partial charge is 0.416 e. The molecule has 156 valence electrons. The zero-order chi connectivity index (χ0) is 21.0. The van der Waals surface area contributed by atoms with Crippen LogP contribution in [0.1, 0.15) is 34.1 Å². The Morgan fingerprint density at radius 3 is 2.60 bits per heavy atom. The van der Waals surface area contributed by atoms with Crippen LogP contribution < -0.4 is 0 Å². The minimum Gasteiger partial charge on any atom is -0.369 e. The number of morpholine rings is 1. The number of hydrogen-bond donors (Lipinski definition) is 0. The van der Waals surface area contributed by atoms with Crippen LogP contribution >= 0.6 is 0 Å². The molecule has 1 fully saturated rings. The predicted molar refractivity (Wildman–Crippen MR) is 107 cm³/mol. The number of hydrogen-bond acceptors (Lipinski definition) is 4. The van der Waals surface area contributed by atoms with Gasteiger partial charge in [-0.1, -0.05) is 30.3 Å². The molecule has 7 heteroatoms. The maximum Gasteiger partial charge on any atom is 0.416 e. The summed E-state index contributed by atoms with van der Waals surface area (Å²) in [5.41, 5.74) is 2.83. The van der Waals surface area contributed by atoms with E-state index in [9.17, 15) is 13.2 Å². The van der Waals surface area contributed by atoms with Crippen molar-refractivity contribution in [1.82, 2.24) is 14.9 Å². The molecule has 1 atom stereocenters. The third kappa shape index (κ3) is 5.23. The van der Waals surface area contributed by atoms with Gasteiger partial charge in [-0.15, -0.1) is 0 Å². The summed E-state index contributed by atoms with van der Waals surface area (Å²) in [7, 11) is 0. The molecule has 0 bridgehead atoms. The number of benzene rings is 1. The second-order valence-electron chi connectivity index (χ2n) is 7.42. The number of ether oxygens (including phenoxy) is 1. The molecular formula is C23H22F3N3O. The van der Waals surface area contributed by atoms with Crippen LogP contribution in [0.3, 0.4) is 0 Å². The first-order chi connectivity index (χ1) is 14.5. The first kappa shape index (κ1) is 20.5. The van der Waals surface area contributed by atoms with Crippen LogP contribution in [0, 0.1) is 0 Å². The molecule has 1 aromatic carbocycles. The molecule has 0 saturated carbocycles. The fourth-order valence-electron chi connectivity index (χ4n) is 3.60. The molecule has 0 N–H and O–H groups in total. The van der Waals surface area contributed by atoms with Gasteiger partial charge >= 0.3 is 6.18 Å². The summed E-state index contributed by atoms with van der Waals surface area (Å²) in [6, 6.07) is 13.2. The van der Waals surface area contributed by atoms with Gasteiger partial charge in [0.15, 0.2) is 0 Å². The van der Waals surface area contributed by atoms with Crippen molar-refractivity contribution < 1.29 is 17.9 Å². The van der Waals surface area contributed by atoms with Crippen molar-refractivity contribution in [3.8, 4) is 0 Å². The number of nitrogens with zero attached hydrogens (tertiary/aromatic N) is 3. The smallest absolute Gasteiger partial charge is 0.369 e. The molecule has 2 aromatic heterocycles.